The molecule has 0 aliphatic carbocycles. The second-order valence-electron chi connectivity index (χ2n) is 4.93. The number of amides is 1. The highest BCUT2D eigenvalue weighted by Gasteiger charge is 2.36. The average Bonchev–Trinajstić information content (AvgIpc) is 2.38. The van der Waals surface area contributed by atoms with Gasteiger partial charge in [-0.15, -0.1) is 0 Å². The predicted octanol–water partition coefficient (Wildman–Crippen LogP) is 2.48. The minimum absolute atomic E-state index is 0.0284. The number of nitrogens with zero attached hydrogens (tertiary/aromatic N) is 1. The molecule has 8 heteroatoms. The van der Waals surface area contributed by atoms with E-state index in [0.29, 0.717) is 4.47 Å². The number of hydrogen-bond donors (Lipinski definition) is 0. The molecule has 0 radical (unpaired) electrons. The first-order valence-electron chi connectivity index (χ1n) is 6.34. The number of carbonyl (C=O) groups excluding carboxylic acids is 1. The summed E-state index contributed by atoms with van der Waals surface area (Å²) in [6, 6.07) is 6.19. The summed E-state index contributed by atoms with van der Waals surface area (Å²) in [6.07, 6.45) is -0.846. The molecule has 1 heterocycles. The summed E-state index contributed by atoms with van der Waals surface area (Å²) >= 11 is 3.13. The maximum atomic E-state index is 13.0. The SMILES string of the molecule is O=C(CS(=O)(=O)c1ccccc1Br)N1CCC(F)(F)CC1. The quantitative estimate of drug-likeness (QED) is 0.807. The van der Waals surface area contributed by atoms with Gasteiger partial charge in [0, 0.05) is 30.4 Å². The van der Waals surface area contributed by atoms with Crippen molar-refractivity contribution in [2.24, 2.45) is 0 Å². The van der Waals surface area contributed by atoms with Crippen molar-refractivity contribution in [2.45, 2.75) is 23.7 Å². The molecule has 1 aliphatic heterocycles. The van der Waals surface area contributed by atoms with Gasteiger partial charge < -0.3 is 4.90 Å². The van der Waals surface area contributed by atoms with Crippen LogP contribution in [0.1, 0.15) is 12.8 Å². The van der Waals surface area contributed by atoms with Crippen LogP contribution in [0.2, 0.25) is 0 Å². The van der Waals surface area contributed by atoms with Gasteiger partial charge in [0.1, 0.15) is 5.75 Å². The third-order valence-electron chi connectivity index (χ3n) is 3.33. The maximum absolute atomic E-state index is 13.0. The lowest BCUT2D eigenvalue weighted by Gasteiger charge is -2.31. The third-order valence-corrected chi connectivity index (χ3v) is 5.94. The van der Waals surface area contributed by atoms with E-state index in [9.17, 15) is 22.0 Å². The molecule has 1 amide bonds. The van der Waals surface area contributed by atoms with Crippen LogP contribution in [0.4, 0.5) is 8.78 Å². The van der Waals surface area contributed by atoms with Crippen molar-refractivity contribution in [1.82, 2.24) is 4.90 Å². The maximum Gasteiger partial charge on any atom is 0.251 e. The van der Waals surface area contributed by atoms with Crippen molar-refractivity contribution in [1.29, 1.82) is 0 Å². The van der Waals surface area contributed by atoms with Crippen LogP contribution in [0.5, 0.6) is 0 Å². The lowest BCUT2D eigenvalue weighted by atomic mass is 10.1. The Morgan fingerprint density at radius 1 is 1.24 bits per heavy atom. The second-order valence-corrected chi connectivity index (χ2v) is 7.74. The van der Waals surface area contributed by atoms with E-state index in [1.165, 1.54) is 11.0 Å². The number of benzene rings is 1. The number of halogens is 3. The summed E-state index contributed by atoms with van der Waals surface area (Å²) in [5.74, 6) is -4.11. The van der Waals surface area contributed by atoms with E-state index in [1.54, 1.807) is 18.2 Å². The number of sulfone groups is 1. The van der Waals surface area contributed by atoms with Gasteiger partial charge in [0.05, 0.1) is 4.90 Å². The molecule has 1 aromatic carbocycles. The molecule has 1 saturated heterocycles. The number of carbonyl (C=O) groups is 1. The van der Waals surface area contributed by atoms with E-state index in [-0.39, 0.29) is 18.0 Å². The molecule has 4 nitrogen and oxygen atoms in total. The summed E-state index contributed by atoms with van der Waals surface area (Å²) in [5.41, 5.74) is 0. The summed E-state index contributed by atoms with van der Waals surface area (Å²) in [7, 11) is -3.79. The van der Waals surface area contributed by atoms with Gasteiger partial charge >= 0.3 is 0 Å². The Kier molecular flexibility index (Phi) is 4.67. The molecule has 0 bridgehead atoms. The topological polar surface area (TPSA) is 54.5 Å². The van der Waals surface area contributed by atoms with Crippen LogP contribution < -0.4 is 0 Å². The molecule has 1 aliphatic rings. The number of rotatable bonds is 3. The van der Waals surface area contributed by atoms with Gasteiger partial charge in [0.15, 0.2) is 9.84 Å². The van der Waals surface area contributed by atoms with Crippen molar-refractivity contribution >= 4 is 31.7 Å². The number of hydrogen-bond acceptors (Lipinski definition) is 3. The van der Waals surface area contributed by atoms with Gasteiger partial charge in [-0.3, -0.25) is 4.79 Å². The van der Waals surface area contributed by atoms with Gasteiger partial charge in [-0.2, -0.15) is 0 Å². The highest BCUT2D eigenvalue weighted by atomic mass is 79.9. The zero-order valence-electron chi connectivity index (χ0n) is 11.1. The molecule has 2 rings (SSSR count). The van der Waals surface area contributed by atoms with Gasteiger partial charge in [-0.25, -0.2) is 17.2 Å². The van der Waals surface area contributed by atoms with E-state index in [2.05, 4.69) is 15.9 Å². The van der Waals surface area contributed by atoms with Crippen LogP contribution in [-0.4, -0.2) is 44.0 Å². The van der Waals surface area contributed by atoms with Crippen LogP contribution in [0, 0.1) is 0 Å². The van der Waals surface area contributed by atoms with E-state index >= 15 is 0 Å². The van der Waals surface area contributed by atoms with Crippen molar-refractivity contribution in [3.8, 4) is 0 Å². The second kappa shape index (κ2) is 6.00. The van der Waals surface area contributed by atoms with Crippen LogP contribution in [0.25, 0.3) is 0 Å². The van der Waals surface area contributed by atoms with Crippen molar-refractivity contribution in [3.63, 3.8) is 0 Å². The molecule has 116 valence electrons. The molecule has 0 aromatic heterocycles. The Balaban J connectivity index is 2.08. The zero-order chi connectivity index (χ0) is 15.7. The van der Waals surface area contributed by atoms with E-state index in [0.717, 1.165) is 0 Å². The van der Waals surface area contributed by atoms with Gasteiger partial charge in [0.25, 0.3) is 5.92 Å². The Labute approximate surface area is 130 Å². The summed E-state index contributed by atoms with van der Waals surface area (Å²) in [6.45, 7) is -0.228. The largest absolute Gasteiger partial charge is 0.341 e. The molecule has 1 aromatic rings. The first kappa shape index (κ1) is 16.4. The molecule has 0 spiro atoms. The molecular weight excluding hydrogens is 368 g/mol. The smallest absolute Gasteiger partial charge is 0.251 e. The monoisotopic (exact) mass is 381 g/mol. The third kappa shape index (κ3) is 4.00. The standard InChI is InChI=1S/C13H14BrF2NO3S/c14-10-3-1-2-4-11(10)21(19,20)9-12(18)17-7-5-13(15,16)6-8-17/h1-4H,5-9H2. The van der Waals surface area contributed by atoms with Crippen molar-refractivity contribution in [3.05, 3.63) is 28.7 Å². The summed E-state index contributed by atoms with van der Waals surface area (Å²) < 4.78 is 50.9. The van der Waals surface area contributed by atoms with E-state index < -0.39 is 40.3 Å². The predicted molar refractivity (Wildman–Crippen MR) is 77.0 cm³/mol. The Hall–Kier alpha value is -1.02. The lowest BCUT2D eigenvalue weighted by Crippen LogP contribution is -2.44. The fourth-order valence-corrected chi connectivity index (χ4v) is 4.45. The average molecular weight is 382 g/mol. The molecule has 0 atom stereocenters. The fourth-order valence-electron chi connectivity index (χ4n) is 2.11. The van der Waals surface area contributed by atoms with E-state index in [4.69, 9.17) is 0 Å². The zero-order valence-corrected chi connectivity index (χ0v) is 13.5. The molecular formula is C13H14BrF2NO3S. The van der Waals surface area contributed by atoms with Crippen molar-refractivity contribution in [2.75, 3.05) is 18.8 Å². The molecule has 21 heavy (non-hydrogen) atoms. The minimum Gasteiger partial charge on any atom is -0.341 e. The van der Waals surface area contributed by atoms with Gasteiger partial charge in [0.2, 0.25) is 5.91 Å². The molecule has 1 fully saturated rings. The van der Waals surface area contributed by atoms with Crippen LogP contribution in [0.15, 0.2) is 33.6 Å². The molecule has 0 unspecified atom stereocenters. The Morgan fingerprint density at radius 3 is 2.38 bits per heavy atom. The van der Waals surface area contributed by atoms with Crippen LogP contribution in [0.3, 0.4) is 0 Å². The minimum atomic E-state index is -3.79. The number of likely N-dealkylation sites (tertiary alicyclic amines) is 1. The molecule has 0 N–H and O–H groups in total. The van der Waals surface area contributed by atoms with Gasteiger partial charge in [-0.1, -0.05) is 12.1 Å². The summed E-state index contributed by atoms with van der Waals surface area (Å²) in [4.78, 5) is 13.2. The normalized spacial score (nSPS) is 18.5. The highest BCUT2D eigenvalue weighted by Crippen LogP contribution is 2.28. The highest BCUT2D eigenvalue weighted by molar-refractivity contribution is 9.10. The lowest BCUT2D eigenvalue weighted by molar-refractivity contribution is -0.134. The number of alkyl halides is 2. The van der Waals surface area contributed by atoms with Crippen LogP contribution in [-0.2, 0) is 14.6 Å². The van der Waals surface area contributed by atoms with Gasteiger partial charge in [-0.05, 0) is 28.1 Å². The first-order valence-corrected chi connectivity index (χ1v) is 8.79. The summed E-state index contributed by atoms with van der Waals surface area (Å²) in [5, 5.41) is 0. The Bertz CT molecular complexity index is 639. The first-order chi connectivity index (χ1) is 9.71. The van der Waals surface area contributed by atoms with E-state index in [1.807, 2.05) is 0 Å². The van der Waals surface area contributed by atoms with Crippen LogP contribution >= 0.6 is 15.9 Å². The number of piperidine rings is 1. The van der Waals surface area contributed by atoms with Crippen molar-refractivity contribution < 1.29 is 22.0 Å². The Morgan fingerprint density at radius 2 is 1.81 bits per heavy atom. The molecule has 0 saturated carbocycles. The fraction of sp³-hybridized carbons (Fsp3) is 0.462.